The molecule has 170 valence electrons. The van der Waals surface area contributed by atoms with Crippen LogP contribution in [0, 0.1) is 17.7 Å². The third-order valence-electron chi connectivity index (χ3n) is 4.97. The number of fused-ring (bicyclic) bond motifs is 1. The number of nitrogens with zero attached hydrogens (tertiary/aromatic N) is 4. The van der Waals surface area contributed by atoms with Gasteiger partial charge in [0.1, 0.15) is 11.5 Å². The SMILES string of the molecule is Cc1cc2ncccc2cc1N=C(C(=N)C(C)(C)C)c1n[nH]c(C(C)CNS(C)(=O)=O)n1. The number of aromatic amines is 1. The fraction of sp³-hybridized carbons (Fsp3) is 0.409. The summed E-state index contributed by atoms with van der Waals surface area (Å²) < 4.78 is 25.3. The predicted molar refractivity (Wildman–Crippen MR) is 128 cm³/mol. The quantitative estimate of drug-likeness (QED) is 0.468. The number of nitrogens with one attached hydrogen (secondary N) is 3. The average molecular weight is 456 g/mol. The molecule has 9 nitrogen and oxygen atoms in total. The van der Waals surface area contributed by atoms with Gasteiger partial charge in [0, 0.05) is 29.5 Å². The van der Waals surface area contributed by atoms with Gasteiger partial charge in [-0.25, -0.2) is 23.1 Å². The third-order valence-corrected chi connectivity index (χ3v) is 5.66. The smallest absolute Gasteiger partial charge is 0.208 e. The summed E-state index contributed by atoms with van der Waals surface area (Å²) in [6, 6.07) is 7.75. The molecule has 1 unspecified atom stereocenters. The van der Waals surface area contributed by atoms with Crippen molar-refractivity contribution in [3.63, 3.8) is 0 Å². The molecule has 0 amide bonds. The first-order valence-electron chi connectivity index (χ1n) is 10.3. The van der Waals surface area contributed by atoms with Gasteiger partial charge in [0.2, 0.25) is 15.8 Å². The molecule has 0 saturated carbocycles. The molecule has 0 radical (unpaired) electrons. The number of hydrogen-bond acceptors (Lipinski definition) is 7. The highest BCUT2D eigenvalue weighted by Gasteiger charge is 2.27. The Morgan fingerprint density at radius 2 is 2.03 bits per heavy atom. The lowest BCUT2D eigenvalue weighted by atomic mass is 9.86. The van der Waals surface area contributed by atoms with Gasteiger partial charge in [0.05, 0.1) is 23.2 Å². The summed E-state index contributed by atoms with van der Waals surface area (Å²) in [5.41, 5.74) is 2.72. The summed E-state index contributed by atoms with van der Waals surface area (Å²) in [6.45, 7) is 9.80. The van der Waals surface area contributed by atoms with Crippen LogP contribution in [-0.2, 0) is 10.0 Å². The Bertz CT molecular complexity index is 1290. The van der Waals surface area contributed by atoms with Crippen LogP contribution in [-0.4, -0.2) is 52.8 Å². The Kier molecular flexibility index (Phi) is 6.56. The molecular formula is C22H29N7O2S. The molecule has 0 saturated heterocycles. The van der Waals surface area contributed by atoms with Crippen molar-refractivity contribution in [3.8, 4) is 0 Å². The molecule has 0 aliphatic rings. The number of aromatic nitrogens is 4. The molecule has 32 heavy (non-hydrogen) atoms. The summed E-state index contributed by atoms with van der Waals surface area (Å²) >= 11 is 0. The van der Waals surface area contributed by atoms with Crippen LogP contribution in [0.3, 0.4) is 0 Å². The number of aryl methyl sites for hydroxylation is 1. The number of sulfonamides is 1. The van der Waals surface area contributed by atoms with Gasteiger partial charge < -0.3 is 5.41 Å². The molecule has 2 heterocycles. The Morgan fingerprint density at radius 3 is 2.69 bits per heavy atom. The van der Waals surface area contributed by atoms with Crippen LogP contribution < -0.4 is 4.72 Å². The first kappa shape index (κ1) is 23.7. The largest absolute Gasteiger partial charge is 0.302 e. The van der Waals surface area contributed by atoms with E-state index in [0.29, 0.717) is 28.8 Å². The summed E-state index contributed by atoms with van der Waals surface area (Å²) in [5, 5.41) is 16.9. The lowest BCUT2D eigenvalue weighted by molar-refractivity contribution is 0.577. The molecule has 3 aromatic rings. The molecule has 0 aliphatic carbocycles. The monoisotopic (exact) mass is 455 g/mol. The van der Waals surface area contributed by atoms with Gasteiger partial charge in [0.25, 0.3) is 0 Å². The van der Waals surface area contributed by atoms with Gasteiger partial charge in [-0.2, -0.15) is 5.10 Å². The minimum Gasteiger partial charge on any atom is -0.302 e. The molecule has 1 atom stereocenters. The summed E-state index contributed by atoms with van der Waals surface area (Å²) in [7, 11) is -3.31. The molecule has 0 bridgehead atoms. The second kappa shape index (κ2) is 8.87. The van der Waals surface area contributed by atoms with Crippen LogP contribution in [0.4, 0.5) is 5.69 Å². The summed E-state index contributed by atoms with van der Waals surface area (Å²) in [6.07, 6.45) is 2.86. The van der Waals surface area contributed by atoms with Crippen LogP contribution in [0.2, 0.25) is 0 Å². The molecule has 0 spiro atoms. The number of benzene rings is 1. The Labute approximate surface area is 188 Å². The number of H-pyrrole nitrogens is 1. The Morgan fingerprint density at radius 1 is 1.31 bits per heavy atom. The van der Waals surface area contributed by atoms with E-state index < -0.39 is 15.4 Å². The fourth-order valence-electron chi connectivity index (χ4n) is 3.00. The van der Waals surface area contributed by atoms with Gasteiger partial charge >= 0.3 is 0 Å². The van der Waals surface area contributed by atoms with Crippen molar-refractivity contribution in [2.45, 2.75) is 40.5 Å². The maximum Gasteiger partial charge on any atom is 0.208 e. The molecule has 2 aromatic heterocycles. The third kappa shape index (κ3) is 5.63. The summed E-state index contributed by atoms with van der Waals surface area (Å²) in [4.78, 5) is 13.7. The van der Waals surface area contributed by atoms with E-state index in [1.54, 1.807) is 6.20 Å². The van der Waals surface area contributed by atoms with Gasteiger partial charge in [-0.1, -0.05) is 33.8 Å². The van der Waals surface area contributed by atoms with Crippen molar-refractivity contribution in [3.05, 3.63) is 47.7 Å². The van der Waals surface area contributed by atoms with E-state index in [4.69, 9.17) is 10.4 Å². The first-order valence-corrected chi connectivity index (χ1v) is 12.1. The van der Waals surface area contributed by atoms with E-state index in [9.17, 15) is 8.42 Å². The Balaban J connectivity index is 2.04. The van der Waals surface area contributed by atoms with E-state index in [1.165, 1.54) is 0 Å². The van der Waals surface area contributed by atoms with Gasteiger partial charge in [-0.3, -0.25) is 10.1 Å². The van der Waals surface area contributed by atoms with Crippen LogP contribution in [0.25, 0.3) is 10.9 Å². The maximum absolute atomic E-state index is 11.4. The zero-order chi connectivity index (χ0) is 23.7. The second-order valence-electron chi connectivity index (χ2n) is 8.99. The molecule has 10 heteroatoms. The van der Waals surface area contributed by atoms with Crippen LogP contribution in [0.15, 0.2) is 35.5 Å². The van der Waals surface area contributed by atoms with Gasteiger partial charge in [-0.05, 0) is 30.7 Å². The number of pyridine rings is 1. The molecule has 0 fully saturated rings. The lowest BCUT2D eigenvalue weighted by Gasteiger charge is -2.20. The van der Waals surface area contributed by atoms with E-state index in [-0.39, 0.29) is 12.5 Å². The van der Waals surface area contributed by atoms with Gasteiger partial charge in [-0.15, -0.1) is 0 Å². The molecule has 3 rings (SSSR count). The number of rotatable bonds is 7. The lowest BCUT2D eigenvalue weighted by Crippen LogP contribution is -2.29. The highest BCUT2D eigenvalue weighted by Crippen LogP contribution is 2.27. The van der Waals surface area contributed by atoms with E-state index >= 15 is 0 Å². The summed E-state index contributed by atoms with van der Waals surface area (Å²) in [5.74, 6) is 0.589. The number of aliphatic imine (C=N–C) groups is 1. The minimum absolute atomic E-state index is 0.188. The van der Waals surface area contributed by atoms with Crippen LogP contribution in [0.5, 0.6) is 0 Å². The van der Waals surface area contributed by atoms with Crippen molar-refractivity contribution < 1.29 is 8.42 Å². The minimum atomic E-state index is -3.31. The van der Waals surface area contributed by atoms with Crippen LogP contribution in [0.1, 0.15) is 50.8 Å². The zero-order valence-corrected chi connectivity index (χ0v) is 20.0. The predicted octanol–water partition coefficient (Wildman–Crippen LogP) is 3.50. The highest BCUT2D eigenvalue weighted by atomic mass is 32.2. The van der Waals surface area contributed by atoms with E-state index in [2.05, 4.69) is 24.9 Å². The fourth-order valence-corrected chi connectivity index (χ4v) is 3.55. The van der Waals surface area contributed by atoms with Gasteiger partial charge in [0.15, 0.2) is 0 Å². The topological polar surface area (TPSA) is 137 Å². The van der Waals surface area contributed by atoms with Crippen molar-refractivity contribution in [2.75, 3.05) is 12.8 Å². The second-order valence-corrected chi connectivity index (χ2v) is 10.8. The molecule has 3 N–H and O–H groups in total. The zero-order valence-electron chi connectivity index (χ0n) is 19.2. The molecule has 0 aliphatic heterocycles. The van der Waals surface area contributed by atoms with Crippen LogP contribution >= 0.6 is 0 Å². The first-order chi connectivity index (χ1) is 14.8. The van der Waals surface area contributed by atoms with Crippen molar-refractivity contribution in [1.29, 1.82) is 5.41 Å². The molecule has 1 aromatic carbocycles. The van der Waals surface area contributed by atoms with E-state index in [1.807, 2.05) is 58.9 Å². The highest BCUT2D eigenvalue weighted by molar-refractivity contribution is 7.88. The average Bonchev–Trinajstić information content (AvgIpc) is 3.18. The van der Waals surface area contributed by atoms with Crippen molar-refractivity contribution in [2.24, 2.45) is 10.4 Å². The number of hydrogen-bond donors (Lipinski definition) is 3. The van der Waals surface area contributed by atoms with Crippen molar-refractivity contribution in [1.82, 2.24) is 24.9 Å². The normalized spacial score (nSPS) is 14.0. The maximum atomic E-state index is 11.4. The standard InChI is InChI=1S/C22H29N7O2S/c1-13-10-17-15(8-7-9-24-17)11-16(13)26-18(19(23)22(3,4)5)21-27-20(28-29-21)14(2)12-25-32(6,30)31/h7-11,14,23,25H,12H2,1-6H3,(H,27,28,29). The Hall–Kier alpha value is -2.98. The van der Waals surface area contributed by atoms with E-state index in [0.717, 1.165) is 22.7 Å². The molecular weight excluding hydrogens is 426 g/mol. The van der Waals surface area contributed by atoms with Crippen molar-refractivity contribution >= 4 is 38.0 Å².